The highest BCUT2D eigenvalue weighted by Crippen LogP contribution is 2.31. The molecule has 1 N–H and O–H groups in total. The molecule has 0 saturated carbocycles. The lowest BCUT2D eigenvalue weighted by Crippen LogP contribution is -2.23. The molecule has 0 aliphatic carbocycles. The van der Waals surface area contributed by atoms with Gasteiger partial charge in [0.15, 0.2) is 5.16 Å². The van der Waals surface area contributed by atoms with Crippen molar-refractivity contribution in [3.8, 4) is 17.2 Å². The Morgan fingerprint density at radius 3 is 2.68 bits per heavy atom. The first-order valence-electron chi connectivity index (χ1n) is 8.82. The number of para-hydroxylation sites is 1. The van der Waals surface area contributed by atoms with Crippen LogP contribution in [-0.2, 0) is 4.79 Å². The fraction of sp³-hybridized carbons (Fsp3) is 0.238. The van der Waals surface area contributed by atoms with E-state index >= 15 is 0 Å². The zero-order valence-corrected chi connectivity index (χ0v) is 17.1. The summed E-state index contributed by atoms with van der Waals surface area (Å²) < 4.78 is 12.6. The Morgan fingerprint density at radius 2 is 1.96 bits per heavy atom. The lowest BCUT2D eigenvalue weighted by atomic mass is 10.2. The molecule has 1 aromatic heterocycles. The first-order chi connectivity index (χ1) is 13.5. The Bertz CT molecular complexity index is 971. The molecule has 7 heteroatoms. The largest absolute Gasteiger partial charge is 0.497 e. The van der Waals surface area contributed by atoms with Crippen molar-refractivity contribution in [3.05, 3.63) is 60.4 Å². The Morgan fingerprint density at radius 1 is 1.18 bits per heavy atom. The lowest BCUT2D eigenvalue weighted by Gasteiger charge is -2.16. The summed E-state index contributed by atoms with van der Waals surface area (Å²) in [6, 6.07) is 13.4. The smallest absolute Gasteiger partial charge is 0.237 e. The molecular weight excluding hydrogens is 374 g/mol. The molecule has 1 amide bonds. The molecule has 0 bridgehead atoms. The minimum Gasteiger partial charge on any atom is -0.497 e. The van der Waals surface area contributed by atoms with Gasteiger partial charge in [0, 0.05) is 18.5 Å². The third-order valence-electron chi connectivity index (χ3n) is 4.30. The maximum absolute atomic E-state index is 12.8. The Balaban J connectivity index is 1.76. The number of thioether (sulfide) groups is 1. The number of amides is 1. The van der Waals surface area contributed by atoms with Gasteiger partial charge in [0.05, 0.1) is 30.8 Å². The average Bonchev–Trinajstić information content (AvgIpc) is 3.16. The van der Waals surface area contributed by atoms with Gasteiger partial charge in [-0.25, -0.2) is 4.98 Å². The highest BCUT2D eigenvalue weighted by molar-refractivity contribution is 8.00. The van der Waals surface area contributed by atoms with Crippen LogP contribution in [0.15, 0.2) is 60.0 Å². The van der Waals surface area contributed by atoms with E-state index in [1.54, 1.807) is 38.6 Å². The van der Waals surface area contributed by atoms with Gasteiger partial charge in [-0.1, -0.05) is 30.0 Å². The van der Waals surface area contributed by atoms with Crippen molar-refractivity contribution < 1.29 is 14.3 Å². The van der Waals surface area contributed by atoms with Crippen LogP contribution in [0.3, 0.4) is 0 Å². The van der Waals surface area contributed by atoms with Gasteiger partial charge in [0.2, 0.25) is 5.91 Å². The summed E-state index contributed by atoms with van der Waals surface area (Å²) >= 11 is 1.40. The number of carbonyl (C=O) groups is 1. The van der Waals surface area contributed by atoms with E-state index in [0.717, 1.165) is 16.4 Å². The van der Waals surface area contributed by atoms with Crippen molar-refractivity contribution in [2.45, 2.75) is 24.3 Å². The second-order valence-corrected chi connectivity index (χ2v) is 7.49. The van der Waals surface area contributed by atoms with Crippen LogP contribution in [0.4, 0.5) is 5.69 Å². The molecule has 0 aliphatic rings. The molecule has 0 fully saturated rings. The zero-order valence-electron chi connectivity index (χ0n) is 16.3. The Hall–Kier alpha value is -2.93. The molecule has 1 unspecified atom stereocenters. The van der Waals surface area contributed by atoms with Gasteiger partial charge in [-0.3, -0.25) is 9.36 Å². The number of aryl methyl sites for hydroxylation is 1. The number of rotatable bonds is 7. The number of benzene rings is 2. The van der Waals surface area contributed by atoms with E-state index in [1.807, 2.05) is 35.9 Å². The summed E-state index contributed by atoms with van der Waals surface area (Å²) in [4.78, 5) is 17.2. The molecule has 1 atom stereocenters. The van der Waals surface area contributed by atoms with Gasteiger partial charge in [-0.05, 0) is 37.6 Å². The number of anilines is 1. The predicted molar refractivity (Wildman–Crippen MR) is 112 cm³/mol. The van der Waals surface area contributed by atoms with Crippen LogP contribution in [0.2, 0.25) is 0 Å². The van der Waals surface area contributed by atoms with Crippen LogP contribution < -0.4 is 14.8 Å². The lowest BCUT2D eigenvalue weighted by molar-refractivity contribution is -0.115. The highest BCUT2D eigenvalue weighted by Gasteiger charge is 2.20. The molecule has 0 aliphatic heterocycles. The number of nitrogens with one attached hydrogen (secondary N) is 1. The topological polar surface area (TPSA) is 65.4 Å². The van der Waals surface area contributed by atoms with Crippen molar-refractivity contribution >= 4 is 23.4 Å². The number of aromatic nitrogens is 2. The molecule has 2 aromatic carbocycles. The fourth-order valence-electron chi connectivity index (χ4n) is 2.75. The summed E-state index contributed by atoms with van der Waals surface area (Å²) in [5.74, 6) is 1.08. The molecular formula is C21H23N3O3S. The Kier molecular flexibility index (Phi) is 6.26. The molecule has 28 heavy (non-hydrogen) atoms. The van der Waals surface area contributed by atoms with Crippen LogP contribution in [0, 0.1) is 6.92 Å². The van der Waals surface area contributed by atoms with Gasteiger partial charge >= 0.3 is 0 Å². The third kappa shape index (κ3) is 4.31. The van der Waals surface area contributed by atoms with Crippen LogP contribution in [-0.4, -0.2) is 34.9 Å². The number of methoxy groups -OCH3 is 2. The first-order valence-corrected chi connectivity index (χ1v) is 9.70. The molecule has 6 nitrogen and oxygen atoms in total. The van der Waals surface area contributed by atoms with Crippen molar-refractivity contribution in [1.29, 1.82) is 0 Å². The van der Waals surface area contributed by atoms with Crippen LogP contribution in [0.5, 0.6) is 11.5 Å². The minimum absolute atomic E-state index is 0.143. The molecule has 0 spiro atoms. The molecule has 1 heterocycles. The van der Waals surface area contributed by atoms with Crippen molar-refractivity contribution in [1.82, 2.24) is 9.55 Å². The second-order valence-electron chi connectivity index (χ2n) is 6.18. The summed E-state index contributed by atoms with van der Waals surface area (Å²) in [6.45, 7) is 3.90. The number of ether oxygens (including phenoxy) is 2. The van der Waals surface area contributed by atoms with Gasteiger partial charge in [0.1, 0.15) is 11.5 Å². The van der Waals surface area contributed by atoms with Gasteiger partial charge in [-0.15, -0.1) is 0 Å². The van der Waals surface area contributed by atoms with Gasteiger partial charge in [0.25, 0.3) is 0 Å². The first kappa shape index (κ1) is 19.8. The predicted octanol–water partition coefficient (Wildman–Crippen LogP) is 4.32. The monoisotopic (exact) mass is 397 g/mol. The normalized spacial score (nSPS) is 11.7. The van der Waals surface area contributed by atoms with E-state index in [1.165, 1.54) is 11.8 Å². The standard InChI is InChI=1S/C21H23N3O3S/c1-14-7-5-6-8-18(14)24-12-11-22-21(24)28-15(2)20(25)23-17-13-16(26-3)9-10-19(17)27-4/h5-13,15H,1-4H3,(H,23,25). The van der Waals surface area contributed by atoms with Gasteiger partial charge < -0.3 is 14.8 Å². The third-order valence-corrected chi connectivity index (χ3v) is 5.38. The maximum atomic E-state index is 12.8. The van der Waals surface area contributed by atoms with Crippen molar-refractivity contribution in [2.75, 3.05) is 19.5 Å². The average molecular weight is 398 g/mol. The number of carbonyl (C=O) groups excluding carboxylic acids is 1. The minimum atomic E-state index is -0.360. The highest BCUT2D eigenvalue weighted by atomic mass is 32.2. The van der Waals surface area contributed by atoms with E-state index in [-0.39, 0.29) is 11.2 Å². The van der Waals surface area contributed by atoms with E-state index in [0.29, 0.717) is 17.2 Å². The van der Waals surface area contributed by atoms with Crippen LogP contribution in [0.25, 0.3) is 5.69 Å². The van der Waals surface area contributed by atoms with Gasteiger partial charge in [-0.2, -0.15) is 0 Å². The van der Waals surface area contributed by atoms with Crippen molar-refractivity contribution in [2.24, 2.45) is 0 Å². The van der Waals surface area contributed by atoms with Crippen LogP contribution >= 0.6 is 11.8 Å². The molecule has 3 aromatic rings. The van der Waals surface area contributed by atoms with Crippen LogP contribution in [0.1, 0.15) is 12.5 Å². The number of hydrogen-bond acceptors (Lipinski definition) is 5. The quantitative estimate of drug-likeness (QED) is 0.602. The molecule has 3 rings (SSSR count). The van der Waals surface area contributed by atoms with E-state index in [4.69, 9.17) is 9.47 Å². The summed E-state index contributed by atoms with van der Waals surface area (Å²) in [6.07, 6.45) is 3.64. The maximum Gasteiger partial charge on any atom is 0.237 e. The number of hydrogen-bond donors (Lipinski definition) is 1. The number of imidazole rings is 1. The Labute approximate surface area is 168 Å². The zero-order chi connectivity index (χ0) is 20.1. The van der Waals surface area contributed by atoms with Crippen molar-refractivity contribution in [3.63, 3.8) is 0 Å². The van der Waals surface area contributed by atoms with E-state index in [2.05, 4.69) is 23.3 Å². The SMILES string of the molecule is COc1ccc(OC)c(NC(=O)C(C)Sc2nccn2-c2ccccc2C)c1. The van der Waals surface area contributed by atoms with E-state index < -0.39 is 0 Å². The molecule has 0 radical (unpaired) electrons. The number of nitrogens with zero attached hydrogens (tertiary/aromatic N) is 2. The fourth-order valence-corrected chi connectivity index (χ4v) is 3.63. The molecule has 0 saturated heterocycles. The van der Waals surface area contributed by atoms with E-state index in [9.17, 15) is 4.79 Å². The summed E-state index contributed by atoms with van der Waals surface area (Å²) in [7, 11) is 3.14. The molecule has 146 valence electrons. The summed E-state index contributed by atoms with van der Waals surface area (Å²) in [5, 5.41) is 3.32. The summed E-state index contributed by atoms with van der Waals surface area (Å²) in [5.41, 5.74) is 2.76. The second kappa shape index (κ2) is 8.84.